The van der Waals surface area contributed by atoms with Crippen LogP contribution in [0.3, 0.4) is 0 Å². The Kier molecular flexibility index (Phi) is 4.94. The number of nitrogen functional groups attached to an aromatic ring is 1. The molecule has 3 N–H and O–H groups in total. The van der Waals surface area contributed by atoms with Gasteiger partial charge < -0.3 is 15.8 Å². The van der Waals surface area contributed by atoms with E-state index in [-0.39, 0.29) is 12.5 Å². The van der Waals surface area contributed by atoms with Gasteiger partial charge in [-0.3, -0.25) is 9.78 Å². The molecule has 104 valence electrons. The molecule has 1 heterocycles. The number of carbonyl (C=O) groups is 1. The molecule has 1 amide bonds. The third kappa shape index (κ3) is 4.61. The third-order valence-corrected chi connectivity index (χ3v) is 2.71. The first-order valence-corrected chi connectivity index (χ1v) is 6.38. The Balaban J connectivity index is 1.67. The lowest BCUT2D eigenvalue weighted by molar-refractivity contribution is -0.123. The number of hydrogen-bond acceptors (Lipinski definition) is 4. The molecule has 0 aliphatic rings. The minimum atomic E-state index is -0.147. The van der Waals surface area contributed by atoms with Gasteiger partial charge in [0, 0.05) is 24.6 Å². The van der Waals surface area contributed by atoms with Gasteiger partial charge >= 0.3 is 0 Å². The molecule has 0 aliphatic carbocycles. The maximum Gasteiger partial charge on any atom is 0.257 e. The van der Waals surface area contributed by atoms with E-state index in [0.717, 1.165) is 12.0 Å². The van der Waals surface area contributed by atoms with Gasteiger partial charge in [0.15, 0.2) is 6.61 Å². The molecule has 0 fully saturated rings. The lowest BCUT2D eigenvalue weighted by Crippen LogP contribution is -2.30. The van der Waals surface area contributed by atoms with Gasteiger partial charge in [-0.25, -0.2) is 0 Å². The Labute approximate surface area is 117 Å². The summed E-state index contributed by atoms with van der Waals surface area (Å²) >= 11 is 0. The molecular weight excluding hydrogens is 254 g/mol. The number of nitrogens with two attached hydrogens (primary N) is 1. The van der Waals surface area contributed by atoms with Crippen LogP contribution >= 0.6 is 0 Å². The topological polar surface area (TPSA) is 77.2 Å². The van der Waals surface area contributed by atoms with Crippen LogP contribution in [0.5, 0.6) is 5.75 Å². The van der Waals surface area contributed by atoms with Gasteiger partial charge in [0.25, 0.3) is 5.91 Å². The van der Waals surface area contributed by atoms with Crippen molar-refractivity contribution >= 4 is 11.6 Å². The van der Waals surface area contributed by atoms with Crippen LogP contribution < -0.4 is 15.8 Å². The summed E-state index contributed by atoms with van der Waals surface area (Å²) in [5.74, 6) is 0.479. The van der Waals surface area contributed by atoms with E-state index in [0.29, 0.717) is 18.0 Å². The fourth-order valence-corrected chi connectivity index (χ4v) is 1.66. The van der Waals surface area contributed by atoms with Crippen molar-refractivity contribution < 1.29 is 9.53 Å². The summed E-state index contributed by atoms with van der Waals surface area (Å²) in [6, 6.07) is 10.8. The van der Waals surface area contributed by atoms with Crippen LogP contribution in [0.15, 0.2) is 48.8 Å². The molecule has 0 aliphatic heterocycles. The van der Waals surface area contributed by atoms with Crippen LogP contribution in [-0.2, 0) is 11.2 Å². The van der Waals surface area contributed by atoms with Gasteiger partial charge in [-0.15, -0.1) is 0 Å². The van der Waals surface area contributed by atoms with Gasteiger partial charge in [-0.05, 0) is 42.3 Å². The number of carbonyl (C=O) groups excluding carboxylic acids is 1. The standard InChI is InChI=1S/C15H17N3O2/c16-13-3-5-14(6-4-13)20-11-15(19)18-9-7-12-2-1-8-17-10-12/h1-6,8,10H,7,9,11,16H2,(H,18,19). The van der Waals surface area contributed by atoms with Crippen molar-refractivity contribution in [2.45, 2.75) is 6.42 Å². The van der Waals surface area contributed by atoms with Crippen LogP contribution in [-0.4, -0.2) is 24.0 Å². The number of pyridine rings is 1. The molecule has 5 nitrogen and oxygen atoms in total. The zero-order valence-electron chi connectivity index (χ0n) is 11.1. The number of rotatable bonds is 6. The molecule has 0 radical (unpaired) electrons. The quantitative estimate of drug-likeness (QED) is 0.779. The average Bonchev–Trinajstić information content (AvgIpc) is 2.48. The highest BCUT2D eigenvalue weighted by Gasteiger charge is 2.02. The number of aromatic nitrogens is 1. The largest absolute Gasteiger partial charge is 0.484 e. The first kappa shape index (κ1) is 13.9. The number of amides is 1. The molecule has 0 saturated carbocycles. The molecule has 1 aromatic carbocycles. The second kappa shape index (κ2) is 7.13. The van der Waals surface area contributed by atoms with Gasteiger partial charge in [-0.2, -0.15) is 0 Å². The third-order valence-electron chi connectivity index (χ3n) is 2.71. The number of anilines is 1. The molecule has 2 aromatic rings. The minimum Gasteiger partial charge on any atom is -0.484 e. The summed E-state index contributed by atoms with van der Waals surface area (Å²) < 4.78 is 5.35. The fourth-order valence-electron chi connectivity index (χ4n) is 1.66. The summed E-state index contributed by atoms with van der Waals surface area (Å²) in [4.78, 5) is 15.6. The summed E-state index contributed by atoms with van der Waals surface area (Å²) in [6.45, 7) is 0.562. The Bertz CT molecular complexity index is 541. The summed E-state index contributed by atoms with van der Waals surface area (Å²) in [7, 11) is 0. The number of nitrogens with zero attached hydrogens (tertiary/aromatic N) is 1. The molecule has 0 saturated heterocycles. The molecule has 0 bridgehead atoms. The van der Waals surface area contributed by atoms with E-state index in [4.69, 9.17) is 10.5 Å². The molecule has 1 aromatic heterocycles. The van der Waals surface area contributed by atoms with Gasteiger partial charge in [0.05, 0.1) is 0 Å². The Morgan fingerprint density at radius 1 is 1.25 bits per heavy atom. The van der Waals surface area contributed by atoms with E-state index in [1.54, 1.807) is 36.7 Å². The molecule has 2 rings (SSSR count). The van der Waals surface area contributed by atoms with Crippen molar-refractivity contribution in [2.75, 3.05) is 18.9 Å². The zero-order chi connectivity index (χ0) is 14.2. The van der Waals surface area contributed by atoms with Gasteiger partial charge in [-0.1, -0.05) is 6.07 Å². The van der Waals surface area contributed by atoms with E-state index >= 15 is 0 Å². The Morgan fingerprint density at radius 2 is 2.05 bits per heavy atom. The smallest absolute Gasteiger partial charge is 0.257 e. The van der Waals surface area contributed by atoms with Crippen LogP contribution in [0.1, 0.15) is 5.56 Å². The van der Waals surface area contributed by atoms with E-state index in [2.05, 4.69) is 10.3 Å². The first-order valence-electron chi connectivity index (χ1n) is 6.38. The molecule has 0 atom stereocenters. The van der Waals surface area contributed by atoms with Crippen molar-refractivity contribution in [1.29, 1.82) is 0 Å². The average molecular weight is 271 g/mol. The molecule has 20 heavy (non-hydrogen) atoms. The summed E-state index contributed by atoms with van der Waals surface area (Å²) in [5, 5.41) is 2.80. The number of hydrogen-bond donors (Lipinski definition) is 2. The van der Waals surface area contributed by atoms with Crippen molar-refractivity contribution in [3.8, 4) is 5.75 Å². The number of ether oxygens (including phenoxy) is 1. The summed E-state index contributed by atoms with van der Waals surface area (Å²) in [5.41, 5.74) is 7.32. The van der Waals surface area contributed by atoms with E-state index < -0.39 is 0 Å². The summed E-state index contributed by atoms with van der Waals surface area (Å²) in [6.07, 6.45) is 4.26. The maximum absolute atomic E-state index is 11.6. The highest BCUT2D eigenvalue weighted by atomic mass is 16.5. The second-order valence-electron chi connectivity index (χ2n) is 4.32. The predicted molar refractivity (Wildman–Crippen MR) is 77.3 cm³/mol. The minimum absolute atomic E-state index is 0.00302. The van der Waals surface area contributed by atoms with Gasteiger partial charge in [0.1, 0.15) is 5.75 Å². The van der Waals surface area contributed by atoms with E-state index in [1.165, 1.54) is 0 Å². The predicted octanol–water partition coefficient (Wildman–Crippen LogP) is 1.40. The fraction of sp³-hybridized carbons (Fsp3) is 0.200. The lowest BCUT2D eigenvalue weighted by Gasteiger charge is -2.07. The zero-order valence-corrected chi connectivity index (χ0v) is 11.1. The Morgan fingerprint density at radius 3 is 2.75 bits per heavy atom. The highest BCUT2D eigenvalue weighted by Crippen LogP contribution is 2.12. The highest BCUT2D eigenvalue weighted by molar-refractivity contribution is 5.77. The van der Waals surface area contributed by atoms with E-state index in [9.17, 15) is 4.79 Å². The molecular formula is C15H17N3O2. The SMILES string of the molecule is Nc1ccc(OCC(=O)NCCc2cccnc2)cc1. The normalized spacial score (nSPS) is 10.0. The van der Waals surface area contributed by atoms with Crippen molar-refractivity contribution in [2.24, 2.45) is 0 Å². The van der Waals surface area contributed by atoms with Crippen LogP contribution in [0.4, 0.5) is 5.69 Å². The lowest BCUT2D eigenvalue weighted by atomic mass is 10.2. The Hall–Kier alpha value is -2.56. The second-order valence-corrected chi connectivity index (χ2v) is 4.32. The molecule has 0 spiro atoms. The maximum atomic E-state index is 11.6. The van der Waals surface area contributed by atoms with Crippen molar-refractivity contribution in [1.82, 2.24) is 10.3 Å². The van der Waals surface area contributed by atoms with Crippen LogP contribution in [0.25, 0.3) is 0 Å². The van der Waals surface area contributed by atoms with Gasteiger partial charge in [0.2, 0.25) is 0 Å². The van der Waals surface area contributed by atoms with Crippen molar-refractivity contribution in [3.05, 3.63) is 54.4 Å². The molecule has 5 heteroatoms. The number of nitrogens with one attached hydrogen (secondary N) is 1. The first-order chi connectivity index (χ1) is 9.74. The van der Waals surface area contributed by atoms with Crippen molar-refractivity contribution in [3.63, 3.8) is 0 Å². The molecule has 0 unspecified atom stereocenters. The van der Waals surface area contributed by atoms with Crippen LogP contribution in [0.2, 0.25) is 0 Å². The number of benzene rings is 1. The monoisotopic (exact) mass is 271 g/mol. The van der Waals surface area contributed by atoms with Crippen LogP contribution in [0, 0.1) is 0 Å². The van der Waals surface area contributed by atoms with E-state index in [1.807, 2.05) is 12.1 Å².